The van der Waals surface area contributed by atoms with E-state index in [-0.39, 0.29) is 10.3 Å². The number of rotatable bonds is 3. The topological polar surface area (TPSA) is 57.2 Å². The number of aryl methyl sites for hydroxylation is 1. The molecule has 0 saturated heterocycles. The summed E-state index contributed by atoms with van der Waals surface area (Å²) in [6.45, 7) is 7.72. The van der Waals surface area contributed by atoms with Gasteiger partial charge in [0, 0.05) is 0 Å². The van der Waals surface area contributed by atoms with E-state index in [0.29, 0.717) is 5.56 Å². The van der Waals surface area contributed by atoms with Crippen molar-refractivity contribution in [2.45, 2.75) is 44.4 Å². The van der Waals surface area contributed by atoms with E-state index in [2.05, 4.69) is 0 Å². The molecule has 0 N–H and O–H groups in total. The number of hydrogen-bond donors (Lipinski definition) is 0. The predicted octanol–water partition coefficient (Wildman–Crippen LogP) is 2.59. The Morgan fingerprint density at radius 2 is 1.88 bits per heavy atom. The summed E-state index contributed by atoms with van der Waals surface area (Å²) < 4.78 is 33.2. The maximum absolute atomic E-state index is 11.1. The van der Waals surface area contributed by atoms with Gasteiger partial charge in [0.25, 0.3) is 0 Å². The van der Waals surface area contributed by atoms with E-state index in [1.165, 1.54) is 6.07 Å². The fourth-order valence-corrected chi connectivity index (χ4v) is 2.23. The molecule has 1 rings (SSSR count). The molecule has 4 heteroatoms. The van der Waals surface area contributed by atoms with E-state index in [0.717, 1.165) is 12.0 Å². The summed E-state index contributed by atoms with van der Waals surface area (Å²) in [5.41, 5.74) is 1.27. The summed E-state index contributed by atoms with van der Waals surface area (Å²) in [6.07, 6.45) is 0.883. The Morgan fingerprint density at radius 3 is 2.31 bits per heavy atom. The molecular weight excluding hydrogens is 224 g/mol. The first-order chi connectivity index (χ1) is 7.18. The van der Waals surface area contributed by atoms with Crippen LogP contribution in [-0.4, -0.2) is 13.0 Å². The Hall–Kier alpha value is -0.870. The van der Waals surface area contributed by atoms with Crippen molar-refractivity contribution >= 4 is 10.1 Å². The monoisotopic (exact) mass is 241 g/mol. The molecule has 0 aromatic heterocycles. The van der Waals surface area contributed by atoms with Crippen molar-refractivity contribution < 1.29 is 13.0 Å². The van der Waals surface area contributed by atoms with Crippen LogP contribution in [0.25, 0.3) is 0 Å². The van der Waals surface area contributed by atoms with Crippen LogP contribution in [0, 0.1) is 6.92 Å². The van der Waals surface area contributed by atoms with Crippen LogP contribution in [0.15, 0.2) is 23.1 Å². The van der Waals surface area contributed by atoms with Crippen LogP contribution >= 0.6 is 0 Å². The maximum atomic E-state index is 11.1. The molecule has 0 amide bonds. The van der Waals surface area contributed by atoms with Gasteiger partial charge in [0.15, 0.2) is 0 Å². The molecule has 0 aliphatic rings. The van der Waals surface area contributed by atoms with Gasteiger partial charge >= 0.3 is 0 Å². The summed E-state index contributed by atoms with van der Waals surface area (Å²) in [6, 6.07) is 5.08. The summed E-state index contributed by atoms with van der Waals surface area (Å²) >= 11 is 0. The molecule has 3 nitrogen and oxygen atoms in total. The lowest BCUT2D eigenvalue weighted by Crippen LogP contribution is -2.16. The second-order valence-electron chi connectivity index (χ2n) is 4.67. The Bertz CT molecular complexity index is 487. The lowest BCUT2D eigenvalue weighted by Gasteiger charge is -2.25. The van der Waals surface area contributed by atoms with E-state index in [4.69, 9.17) is 0 Å². The second-order valence-corrected chi connectivity index (χ2v) is 6.02. The Balaban J connectivity index is 3.40. The summed E-state index contributed by atoms with van der Waals surface area (Å²) in [5.74, 6) is 0. The molecule has 1 aromatic carbocycles. The van der Waals surface area contributed by atoms with E-state index in [1.807, 2.05) is 26.8 Å². The average Bonchev–Trinajstić information content (AvgIpc) is 2.16. The van der Waals surface area contributed by atoms with E-state index >= 15 is 0 Å². The van der Waals surface area contributed by atoms with Gasteiger partial charge < -0.3 is 4.55 Å². The molecule has 0 aliphatic heterocycles. The highest BCUT2D eigenvalue weighted by atomic mass is 32.2. The van der Waals surface area contributed by atoms with Gasteiger partial charge in [0.1, 0.15) is 10.1 Å². The van der Waals surface area contributed by atoms with Crippen LogP contribution in [0.2, 0.25) is 0 Å². The number of hydrogen-bond acceptors (Lipinski definition) is 3. The van der Waals surface area contributed by atoms with Crippen molar-refractivity contribution in [1.29, 1.82) is 0 Å². The first-order valence-corrected chi connectivity index (χ1v) is 6.66. The SMILES string of the molecule is CCC(C)(C)c1ccc(C)c(S(=O)(=O)[O-])c1. The average molecular weight is 241 g/mol. The van der Waals surface area contributed by atoms with Gasteiger partial charge in [-0.2, -0.15) is 0 Å². The van der Waals surface area contributed by atoms with Gasteiger partial charge in [0.05, 0.1) is 4.90 Å². The first kappa shape index (κ1) is 13.2. The van der Waals surface area contributed by atoms with Crippen molar-refractivity contribution in [1.82, 2.24) is 0 Å². The molecular formula is C12H17O3S-. The largest absolute Gasteiger partial charge is 0.744 e. The summed E-state index contributed by atoms with van der Waals surface area (Å²) in [5, 5.41) is 0. The zero-order valence-corrected chi connectivity index (χ0v) is 10.9. The van der Waals surface area contributed by atoms with Crippen molar-refractivity contribution in [2.24, 2.45) is 0 Å². The summed E-state index contributed by atoms with van der Waals surface area (Å²) in [7, 11) is -4.37. The molecule has 0 spiro atoms. The van der Waals surface area contributed by atoms with Gasteiger partial charge in [-0.1, -0.05) is 32.9 Å². The normalized spacial score (nSPS) is 12.8. The maximum Gasteiger partial charge on any atom is 0.124 e. The fraction of sp³-hybridized carbons (Fsp3) is 0.500. The molecule has 1 aromatic rings. The van der Waals surface area contributed by atoms with Crippen LogP contribution in [0.1, 0.15) is 38.3 Å². The third kappa shape index (κ3) is 2.62. The van der Waals surface area contributed by atoms with Crippen molar-refractivity contribution in [3.05, 3.63) is 29.3 Å². The Kier molecular flexibility index (Phi) is 3.45. The second kappa shape index (κ2) is 4.18. The quantitative estimate of drug-likeness (QED) is 0.764. The van der Waals surface area contributed by atoms with Crippen molar-refractivity contribution in [3.8, 4) is 0 Å². The van der Waals surface area contributed by atoms with Gasteiger partial charge in [-0.3, -0.25) is 0 Å². The van der Waals surface area contributed by atoms with Crippen LogP contribution in [0.4, 0.5) is 0 Å². The zero-order valence-electron chi connectivity index (χ0n) is 10.1. The van der Waals surface area contributed by atoms with E-state index in [1.54, 1.807) is 13.0 Å². The minimum Gasteiger partial charge on any atom is -0.744 e. The van der Waals surface area contributed by atoms with Crippen LogP contribution in [0.3, 0.4) is 0 Å². The molecule has 0 heterocycles. The van der Waals surface area contributed by atoms with E-state index < -0.39 is 10.1 Å². The lowest BCUT2D eigenvalue weighted by molar-refractivity contribution is 0.461. The lowest BCUT2D eigenvalue weighted by atomic mass is 9.82. The molecule has 0 fully saturated rings. The molecule has 90 valence electrons. The first-order valence-electron chi connectivity index (χ1n) is 5.25. The molecule has 0 aliphatic carbocycles. The summed E-state index contributed by atoms with van der Waals surface area (Å²) in [4.78, 5) is -0.105. The standard InChI is InChI=1S/C12H18O3S/c1-5-12(3,4)10-7-6-9(2)11(8-10)16(13,14)15/h6-8H,5H2,1-4H3,(H,13,14,15)/p-1. The highest BCUT2D eigenvalue weighted by molar-refractivity contribution is 7.85. The van der Waals surface area contributed by atoms with Crippen LogP contribution < -0.4 is 0 Å². The van der Waals surface area contributed by atoms with Crippen molar-refractivity contribution in [2.75, 3.05) is 0 Å². The minimum absolute atomic E-state index is 0.105. The molecule has 0 radical (unpaired) electrons. The Labute approximate surface area is 97.2 Å². The minimum atomic E-state index is -4.37. The van der Waals surface area contributed by atoms with Gasteiger partial charge in [0.2, 0.25) is 0 Å². The van der Waals surface area contributed by atoms with Gasteiger partial charge in [-0.15, -0.1) is 0 Å². The molecule has 0 bridgehead atoms. The third-order valence-electron chi connectivity index (χ3n) is 3.12. The molecule has 16 heavy (non-hydrogen) atoms. The third-order valence-corrected chi connectivity index (χ3v) is 4.10. The molecule has 0 saturated carbocycles. The number of benzene rings is 1. The predicted molar refractivity (Wildman–Crippen MR) is 62.5 cm³/mol. The van der Waals surface area contributed by atoms with Gasteiger partial charge in [-0.25, -0.2) is 8.42 Å². The highest BCUT2D eigenvalue weighted by Gasteiger charge is 2.19. The van der Waals surface area contributed by atoms with Gasteiger partial charge in [-0.05, 0) is 36.0 Å². The zero-order chi connectivity index (χ0) is 12.6. The smallest absolute Gasteiger partial charge is 0.124 e. The van der Waals surface area contributed by atoms with Crippen LogP contribution in [-0.2, 0) is 15.5 Å². The Morgan fingerprint density at radius 1 is 1.31 bits per heavy atom. The van der Waals surface area contributed by atoms with Crippen molar-refractivity contribution in [3.63, 3.8) is 0 Å². The molecule has 0 atom stereocenters. The van der Waals surface area contributed by atoms with E-state index in [9.17, 15) is 13.0 Å². The fourth-order valence-electron chi connectivity index (χ4n) is 1.49. The highest BCUT2D eigenvalue weighted by Crippen LogP contribution is 2.29. The van der Waals surface area contributed by atoms with Crippen LogP contribution in [0.5, 0.6) is 0 Å². The molecule has 0 unspecified atom stereocenters.